The summed E-state index contributed by atoms with van der Waals surface area (Å²) in [5, 5.41) is 4.06. The Bertz CT molecular complexity index is 4800. The van der Waals surface area contributed by atoms with E-state index in [1.807, 2.05) is 0 Å². The molecule has 1 aliphatic carbocycles. The molecular formula is C84H74N4. The molecule has 0 bridgehead atoms. The molecule has 3 aliphatic rings. The number of benzene rings is 11. The highest BCUT2D eigenvalue weighted by molar-refractivity contribution is 5.98. The van der Waals surface area contributed by atoms with E-state index in [0.717, 1.165) is 51.9 Å². The van der Waals surface area contributed by atoms with Gasteiger partial charge in [0.15, 0.2) is 0 Å². The Hall–Kier alpha value is -9.90. The number of rotatable bonds is 12. The van der Waals surface area contributed by atoms with E-state index >= 15 is 0 Å². The van der Waals surface area contributed by atoms with Gasteiger partial charge >= 0.3 is 0 Å². The molecule has 1 unspecified atom stereocenters. The smallest absolute Gasteiger partial charge is 0.0582 e. The molecule has 0 N–H and O–H groups in total. The fourth-order valence-corrected chi connectivity index (χ4v) is 15.2. The molecule has 4 nitrogen and oxygen atoms in total. The third-order valence-electron chi connectivity index (χ3n) is 19.2. The number of nitrogens with zero attached hydrogens (tertiary/aromatic N) is 4. The Kier molecular flexibility index (Phi) is 13.0. The summed E-state index contributed by atoms with van der Waals surface area (Å²) in [6.45, 7) is 23.1. The highest BCUT2D eigenvalue weighted by Crippen LogP contribution is 2.54. The number of anilines is 9. The average molecular weight is 1140 g/mol. The SMILES string of the molecule is Cc1cc(C)cc(N(c2ccccc2)c2ccc(-c3cc4c5c(c3)C(C)(C)c3cc(-c6ccc(N(c7ccccc7)c7cc(C)cc(C)c7)cc6)cc6c7c(n-5c36)=C(CC(c3ccc(N(c5ccccc5)c5cc(C)cc(C)c5)cc3)C=7)C4(C)C)cc2)c1. The second-order valence-corrected chi connectivity index (χ2v) is 26.4. The highest BCUT2D eigenvalue weighted by Gasteiger charge is 2.45. The third kappa shape index (κ3) is 9.19. The summed E-state index contributed by atoms with van der Waals surface area (Å²) in [6, 6.07) is 91.2. The van der Waals surface area contributed by atoms with Crippen molar-refractivity contribution in [2.75, 3.05) is 14.7 Å². The lowest BCUT2D eigenvalue weighted by Crippen LogP contribution is -2.46. The Labute approximate surface area is 519 Å². The predicted molar refractivity (Wildman–Crippen MR) is 373 cm³/mol. The lowest BCUT2D eigenvalue weighted by molar-refractivity contribution is 0.587. The zero-order chi connectivity index (χ0) is 60.3. The summed E-state index contributed by atoms with van der Waals surface area (Å²) < 4.78 is 2.72. The van der Waals surface area contributed by atoms with E-state index in [1.54, 1.807) is 0 Å². The first-order valence-electron chi connectivity index (χ1n) is 31.3. The Balaban J connectivity index is 0.899. The molecule has 0 amide bonds. The quantitative estimate of drug-likeness (QED) is 0.121. The van der Waals surface area contributed by atoms with Gasteiger partial charge in [-0.25, -0.2) is 0 Å². The van der Waals surface area contributed by atoms with Crippen molar-refractivity contribution in [3.05, 3.63) is 309 Å². The molecule has 11 aromatic carbocycles. The minimum atomic E-state index is -0.352. The summed E-state index contributed by atoms with van der Waals surface area (Å²) in [4.78, 5) is 7.18. The highest BCUT2D eigenvalue weighted by atomic mass is 15.2. The van der Waals surface area contributed by atoms with E-state index in [0.29, 0.717) is 0 Å². The maximum absolute atomic E-state index is 2.72. The van der Waals surface area contributed by atoms with Crippen LogP contribution in [0.15, 0.2) is 243 Å². The number of hydrogen-bond acceptors (Lipinski definition) is 3. The average Bonchev–Trinajstić information content (AvgIpc) is 1.46. The molecule has 0 saturated heterocycles. The van der Waals surface area contributed by atoms with Crippen molar-refractivity contribution >= 4 is 73.7 Å². The van der Waals surface area contributed by atoms with Gasteiger partial charge < -0.3 is 19.3 Å². The molecule has 3 heterocycles. The number of hydrogen-bond donors (Lipinski definition) is 0. The van der Waals surface area contributed by atoms with E-state index in [1.165, 1.54) is 116 Å². The fourth-order valence-electron chi connectivity index (χ4n) is 15.2. The molecule has 2 aliphatic heterocycles. The maximum Gasteiger partial charge on any atom is 0.0582 e. The van der Waals surface area contributed by atoms with Gasteiger partial charge in [0.2, 0.25) is 0 Å². The van der Waals surface area contributed by atoms with E-state index < -0.39 is 0 Å². The van der Waals surface area contributed by atoms with Crippen LogP contribution in [0.4, 0.5) is 51.2 Å². The number of fused-ring (bicyclic) bond motifs is 1. The van der Waals surface area contributed by atoms with Gasteiger partial charge in [-0.05, 0) is 265 Å². The van der Waals surface area contributed by atoms with Crippen LogP contribution in [0.1, 0.15) is 95.7 Å². The van der Waals surface area contributed by atoms with Crippen LogP contribution in [0.25, 0.3) is 50.5 Å². The first-order valence-corrected chi connectivity index (χ1v) is 31.3. The molecule has 430 valence electrons. The predicted octanol–water partition coefficient (Wildman–Crippen LogP) is 21.3. The van der Waals surface area contributed by atoms with Crippen LogP contribution < -0.4 is 25.3 Å². The molecule has 1 atom stereocenters. The second kappa shape index (κ2) is 20.9. The van der Waals surface area contributed by atoms with Crippen molar-refractivity contribution in [3.63, 3.8) is 0 Å². The molecule has 0 saturated carbocycles. The van der Waals surface area contributed by atoms with Crippen LogP contribution in [-0.2, 0) is 10.8 Å². The number of para-hydroxylation sites is 3. The molecule has 88 heavy (non-hydrogen) atoms. The van der Waals surface area contributed by atoms with Crippen molar-refractivity contribution in [2.45, 2.75) is 92.4 Å². The topological polar surface area (TPSA) is 14.7 Å². The van der Waals surface area contributed by atoms with Crippen LogP contribution in [0, 0.1) is 41.5 Å². The number of aromatic nitrogens is 1. The molecule has 0 spiro atoms. The molecule has 12 aromatic rings. The minimum absolute atomic E-state index is 0.150. The monoisotopic (exact) mass is 1140 g/mol. The van der Waals surface area contributed by atoms with Gasteiger partial charge in [-0.3, -0.25) is 0 Å². The van der Waals surface area contributed by atoms with E-state index in [-0.39, 0.29) is 16.7 Å². The van der Waals surface area contributed by atoms with Gasteiger partial charge in [-0.15, -0.1) is 0 Å². The fraction of sp³-hybridized carbons (Fsp3) is 0.167. The van der Waals surface area contributed by atoms with Gasteiger partial charge in [0, 0.05) is 78.5 Å². The first-order chi connectivity index (χ1) is 42.5. The van der Waals surface area contributed by atoms with Crippen LogP contribution >= 0.6 is 0 Å². The molecule has 0 fully saturated rings. The zero-order valence-electron chi connectivity index (χ0n) is 52.2. The van der Waals surface area contributed by atoms with Crippen LogP contribution in [-0.4, -0.2) is 4.57 Å². The lowest BCUT2D eigenvalue weighted by atomic mass is 9.66. The van der Waals surface area contributed by atoms with E-state index in [4.69, 9.17) is 0 Å². The van der Waals surface area contributed by atoms with E-state index in [9.17, 15) is 0 Å². The largest absolute Gasteiger partial charge is 0.310 e. The van der Waals surface area contributed by atoms with Gasteiger partial charge in [0.25, 0.3) is 0 Å². The molecule has 1 aromatic heterocycles. The molecular weight excluding hydrogens is 1060 g/mol. The summed E-state index contributed by atoms with van der Waals surface area (Å²) >= 11 is 0. The molecule has 15 rings (SSSR count). The van der Waals surface area contributed by atoms with Gasteiger partial charge in [-0.1, -0.05) is 143 Å². The Morgan fingerprint density at radius 1 is 0.341 bits per heavy atom. The van der Waals surface area contributed by atoms with Crippen molar-refractivity contribution in [1.29, 1.82) is 0 Å². The lowest BCUT2D eigenvalue weighted by Gasteiger charge is -2.43. The Morgan fingerprint density at radius 2 is 0.693 bits per heavy atom. The van der Waals surface area contributed by atoms with Crippen LogP contribution in [0.2, 0.25) is 0 Å². The zero-order valence-corrected chi connectivity index (χ0v) is 52.2. The summed E-state index contributed by atoms with van der Waals surface area (Å²) in [6.07, 6.45) is 3.55. The maximum atomic E-state index is 2.72. The van der Waals surface area contributed by atoms with Gasteiger partial charge in [-0.2, -0.15) is 0 Å². The van der Waals surface area contributed by atoms with Crippen molar-refractivity contribution in [3.8, 4) is 27.9 Å². The standard InChI is InChI=1S/C84H74N4/c1-53-38-54(2)42-71(41-53)85(65-20-14-11-15-21-65)68-32-26-59(27-33-68)62-47-74-75-48-63(60-28-34-69(35-29-60)86(66-22-16-12-17-23-66)72-43-55(3)39-56(4)44-72)50-77-81(75)88-80(74)76(49-62)83(7,8)78-51-64(52-79(82(78)88)84(77,9)10)61-30-36-70(37-31-61)87(67-24-18-13-19-25-67)73-45-57(5)40-58(6)46-73/h11-49,51-52,63H,50H2,1-10H3. The summed E-state index contributed by atoms with van der Waals surface area (Å²) in [7, 11) is 0. The molecule has 0 radical (unpaired) electrons. The molecule has 4 heteroatoms. The number of aryl methyl sites for hydroxylation is 6. The van der Waals surface area contributed by atoms with Crippen molar-refractivity contribution < 1.29 is 0 Å². The van der Waals surface area contributed by atoms with Gasteiger partial charge in [0.05, 0.1) is 16.6 Å². The third-order valence-corrected chi connectivity index (χ3v) is 19.2. The van der Waals surface area contributed by atoms with Crippen LogP contribution in [0.3, 0.4) is 0 Å². The summed E-state index contributed by atoms with van der Waals surface area (Å²) in [5.41, 5.74) is 31.7. The van der Waals surface area contributed by atoms with Crippen molar-refractivity contribution in [2.24, 2.45) is 0 Å². The van der Waals surface area contributed by atoms with E-state index in [2.05, 4.69) is 337 Å². The summed E-state index contributed by atoms with van der Waals surface area (Å²) in [5.74, 6) is 0.150. The van der Waals surface area contributed by atoms with Crippen LogP contribution in [0.5, 0.6) is 0 Å². The second-order valence-electron chi connectivity index (χ2n) is 26.4. The Morgan fingerprint density at radius 3 is 1.10 bits per heavy atom. The van der Waals surface area contributed by atoms with Crippen molar-refractivity contribution in [1.82, 2.24) is 4.57 Å². The minimum Gasteiger partial charge on any atom is -0.310 e. The normalized spacial score (nSPS) is 14.8. The van der Waals surface area contributed by atoms with Gasteiger partial charge in [0.1, 0.15) is 0 Å². The first kappa shape index (κ1) is 54.7.